The monoisotopic (exact) mass is 366 g/mol. The van der Waals surface area contributed by atoms with Gasteiger partial charge in [0.05, 0.1) is 25.0 Å². The van der Waals surface area contributed by atoms with Gasteiger partial charge in [-0.3, -0.25) is 10.00 Å². The van der Waals surface area contributed by atoms with Crippen molar-refractivity contribution in [2.24, 2.45) is 0 Å². The first-order chi connectivity index (χ1) is 13.3. The SMILES string of the molecule is CCCc1cc([C@@H]2CCCN2Cc2cn[nH]c2-c2ccc(OC)cc2)no1. The molecule has 27 heavy (non-hydrogen) atoms. The molecule has 1 aliphatic rings. The zero-order valence-corrected chi connectivity index (χ0v) is 15.9. The molecular formula is C21H26N4O2. The highest BCUT2D eigenvalue weighted by Crippen LogP contribution is 2.34. The summed E-state index contributed by atoms with van der Waals surface area (Å²) in [5.74, 6) is 1.84. The van der Waals surface area contributed by atoms with Crippen molar-refractivity contribution in [3.8, 4) is 17.0 Å². The fraction of sp³-hybridized carbons (Fsp3) is 0.429. The number of aryl methyl sites for hydroxylation is 1. The molecule has 0 radical (unpaired) electrons. The van der Waals surface area contributed by atoms with Crippen LogP contribution < -0.4 is 4.74 Å². The van der Waals surface area contributed by atoms with E-state index in [2.05, 4.69) is 45.4 Å². The minimum absolute atomic E-state index is 0.318. The molecule has 3 heterocycles. The first-order valence-corrected chi connectivity index (χ1v) is 9.64. The van der Waals surface area contributed by atoms with Crippen LogP contribution in [0, 0.1) is 0 Å². The van der Waals surface area contributed by atoms with Crippen molar-refractivity contribution in [2.75, 3.05) is 13.7 Å². The van der Waals surface area contributed by atoms with Crippen LogP contribution in [0.25, 0.3) is 11.3 Å². The van der Waals surface area contributed by atoms with Crippen LogP contribution in [0.15, 0.2) is 41.1 Å². The van der Waals surface area contributed by atoms with Gasteiger partial charge < -0.3 is 9.26 Å². The molecule has 142 valence electrons. The lowest BCUT2D eigenvalue weighted by Crippen LogP contribution is -2.23. The van der Waals surface area contributed by atoms with Crippen LogP contribution >= 0.6 is 0 Å². The number of nitrogens with one attached hydrogen (secondary N) is 1. The van der Waals surface area contributed by atoms with Crippen molar-refractivity contribution < 1.29 is 9.26 Å². The highest BCUT2D eigenvalue weighted by Gasteiger charge is 2.29. The second-order valence-electron chi connectivity index (χ2n) is 7.10. The Kier molecular flexibility index (Phi) is 5.25. The van der Waals surface area contributed by atoms with Crippen LogP contribution in [0.3, 0.4) is 0 Å². The normalized spacial score (nSPS) is 17.5. The van der Waals surface area contributed by atoms with E-state index < -0.39 is 0 Å². The average molecular weight is 366 g/mol. The average Bonchev–Trinajstić information content (AvgIpc) is 3.43. The summed E-state index contributed by atoms with van der Waals surface area (Å²) in [7, 11) is 1.68. The maximum Gasteiger partial charge on any atom is 0.137 e. The lowest BCUT2D eigenvalue weighted by molar-refractivity contribution is 0.236. The maximum atomic E-state index is 5.51. The Labute approximate surface area is 159 Å². The summed E-state index contributed by atoms with van der Waals surface area (Å²) in [6.07, 6.45) is 6.25. The number of hydrogen-bond donors (Lipinski definition) is 1. The van der Waals surface area contributed by atoms with Gasteiger partial charge in [0.2, 0.25) is 0 Å². The molecule has 1 atom stereocenters. The van der Waals surface area contributed by atoms with Crippen LogP contribution in [-0.2, 0) is 13.0 Å². The lowest BCUT2D eigenvalue weighted by Gasteiger charge is -2.22. The molecule has 0 bridgehead atoms. The van der Waals surface area contributed by atoms with Crippen molar-refractivity contribution in [2.45, 2.75) is 45.2 Å². The van der Waals surface area contributed by atoms with Gasteiger partial charge in [-0.25, -0.2) is 0 Å². The van der Waals surface area contributed by atoms with Gasteiger partial charge in [0.15, 0.2) is 0 Å². The van der Waals surface area contributed by atoms with Gasteiger partial charge in [0.1, 0.15) is 17.2 Å². The number of H-pyrrole nitrogens is 1. The Morgan fingerprint density at radius 2 is 2.15 bits per heavy atom. The van der Waals surface area contributed by atoms with Crippen LogP contribution in [-0.4, -0.2) is 33.9 Å². The van der Waals surface area contributed by atoms with E-state index in [4.69, 9.17) is 9.26 Å². The number of nitrogens with zero attached hydrogens (tertiary/aromatic N) is 3. The molecule has 0 aliphatic carbocycles. The summed E-state index contributed by atoms with van der Waals surface area (Å²) >= 11 is 0. The summed E-state index contributed by atoms with van der Waals surface area (Å²) in [5.41, 5.74) is 4.44. The Balaban J connectivity index is 1.52. The molecule has 1 N–H and O–H groups in total. The standard InChI is InChI=1S/C21H26N4O2/c1-3-5-18-12-19(24-27-18)20-6-4-11-25(20)14-16-13-22-23-21(16)15-7-9-17(26-2)10-8-15/h7-10,12-13,20H,3-6,11,14H2,1-2H3,(H,22,23)/t20-/m0/s1. The number of aromatic nitrogens is 3. The van der Waals surface area contributed by atoms with Crippen LogP contribution in [0.5, 0.6) is 5.75 Å². The topological polar surface area (TPSA) is 67.2 Å². The Morgan fingerprint density at radius 1 is 1.30 bits per heavy atom. The highest BCUT2D eigenvalue weighted by atomic mass is 16.5. The van der Waals surface area contributed by atoms with Gasteiger partial charge in [-0.1, -0.05) is 12.1 Å². The number of benzene rings is 1. The number of rotatable bonds is 7. The third kappa shape index (κ3) is 3.76. The lowest BCUT2D eigenvalue weighted by atomic mass is 10.1. The van der Waals surface area contributed by atoms with Gasteiger partial charge in [-0.2, -0.15) is 5.10 Å². The Hall–Kier alpha value is -2.60. The molecule has 1 aromatic carbocycles. The van der Waals surface area contributed by atoms with E-state index in [1.807, 2.05) is 18.3 Å². The Bertz CT molecular complexity index is 868. The molecule has 6 heteroatoms. The number of aromatic amines is 1. The van der Waals surface area contributed by atoms with Gasteiger partial charge in [-0.05, 0) is 50.1 Å². The van der Waals surface area contributed by atoms with E-state index in [-0.39, 0.29) is 0 Å². The summed E-state index contributed by atoms with van der Waals surface area (Å²) in [4.78, 5) is 2.48. The van der Waals surface area contributed by atoms with Crippen LogP contribution in [0.2, 0.25) is 0 Å². The molecule has 6 nitrogen and oxygen atoms in total. The van der Waals surface area contributed by atoms with E-state index >= 15 is 0 Å². The first-order valence-electron chi connectivity index (χ1n) is 9.64. The van der Waals surface area contributed by atoms with E-state index in [0.717, 1.165) is 60.8 Å². The number of ether oxygens (including phenoxy) is 1. The molecule has 1 aliphatic heterocycles. The Morgan fingerprint density at radius 3 is 2.93 bits per heavy atom. The minimum Gasteiger partial charge on any atom is -0.497 e. The summed E-state index contributed by atoms with van der Waals surface area (Å²) < 4.78 is 10.8. The van der Waals surface area contributed by atoms with Gasteiger partial charge >= 0.3 is 0 Å². The predicted molar refractivity (Wildman–Crippen MR) is 103 cm³/mol. The molecule has 0 spiro atoms. The summed E-state index contributed by atoms with van der Waals surface area (Å²) in [6, 6.07) is 10.5. The third-order valence-corrected chi connectivity index (χ3v) is 5.25. The van der Waals surface area contributed by atoms with E-state index in [1.165, 1.54) is 12.0 Å². The van der Waals surface area contributed by atoms with Crippen LogP contribution in [0.1, 0.15) is 49.2 Å². The molecular weight excluding hydrogens is 340 g/mol. The second kappa shape index (κ2) is 7.96. The van der Waals surface area contributed by atoms with Crippen molar-refractivity contribution >= 4 is 0 Å². The smallest absolute Gasteiger partial charge is 0.137 e. The van der Waals surface area contributed by atoms with Gasteiger partial charge in [-0.15, -0.1) is 0 Å². The van der Waals surface area contributed by atoms with Crippen molar-refractivity contribution in [1.82, 2.24) is 20.3 Å². The summed E-state index contributed by atoms with van der Waals surface area (Å²) in [5, 5.41) is 11.8. The molecule has 1 fully saturated rings. The molecule has 0 saturated carbocycles. The van der Waals surface area contributed by atoms with E-state index in [0.29, 0.717) is 6.04 Å². The number of likely N-dealkylation sites (tertiary alicyclic amines) is 1. The molecule has 1 saturated heterocycles. The molecule has 2 aromatic heterocycles. The summed E-state index contributed by atoms with van der Waals surface area (Å²) in [6.45, 7) is 4.07. The minimum atomic E-state index is 0.318. The van der Waals surface area contributed by atoms with Gasteiger partial charge in [0, 0.05) is 30.2 Å². The highest BCUT2D eigenvalue weighted by molar-refractivity contribution is 5.63. The van der Waals surface area contributed by atoms with Crippen molar-refractivity contribution in [3.05, 3.63) is 53.5 Å². The number of methoxy groups -OCH3 is 1. The van der Waals surface area contributed by atoms with E-state index in [1.54, 1.807) is 7.11 Å². The fourth-order valence-electron chi connectivity index (χ4n) is 3.86. The quantitative estimate of drug-likeness (QED) is 0.673. The van der Waals surface area contributed by atoms with Crippen molar-refractivity contribution in [1.29, 1.82) is 0 Å². The van der Waals surface area contributed by atoms with Gasteiger partial charge in [0.25, 0.3) is 0 Å². The van der Waals surface area contributed by atoms with Crippen molar-refractivity contribution in [3.63, 3.8) is 0 Å². The molecule has 3 aromatic rings. The predicted octanol–water partition coefficient (Wildman–Crippen LogP) is 4.36. The largest absolute Gasteiger partial charge is 0.497 e. The van der Waals surface area contributed by atoms with E-state index in [9.17, 15) is 0 Å². The third-order valence-electron chi connectivity index (χ3n) is 5.25. The molecule has 4 rings (SSSR count). The zero-order chi connectivity index (χ0) is 18.6. The fourth-order valence-corrected chi connectivity index (χ4v) is 3.86. The zero-order valence-electron chi connectivity index (χ0n) is 15.9. The molecule has 0 amide bonds. The molecule has 0 unspecified atom stereocenters. The second-order valence-corrected chi connectivity index (χ2v) is 7.10. The maximum absolute atomic E-state index is 5.51. The first kappa shape index (κ1) is 17.8. The van der Waals surface area contributed by atoms with Crippen LogP contribution in [0.4, 0.5) is 0 Å². The number of hydrogen-bond acceptors (Lipinski definition) is 5.